The molecule has 0 bridgehead atoms. The molecule has 3 rings (SSSR count). The van der Waals surface area contributed by atoms with Crippen molar-refractivity contribution in [2.75, 3.05) is 13.7 Å². The zero-order valence-electron chi connectivity index (χ0n) is 11.8. The Morgan fingerprint density at radius 1 is 1.20 bits per heavy atom. The highest BCUT2D eigenvalue weighted by Crippen LogP contribution is 2.36. The SMILES string of the molecule is COc1ncccc1[C@@H]1CCCN1Cc1ccccc1. The summed E-state index contributed by atoms with van der Waals surface area (Å²) in [5, 5.41) is 0. The van der Waals surface area contributed by atoms with Gasteiger partial charge in [-0.2, -0.15) is 0 Å². The van der Waals surface area contributed by atoms with Gasteiger partial charge in [-0.3, -0.25) is 4.90 Å². The third-order valence-electron chi connectivity index (χ3n) is 3.95. The van der Waals surface area contributed by atoms with Crippen LogP contribution in [0.5, 0.6) is 5.88 Å². The third kappa shape index (κ3) is 2.68. The van der Waals surface area contributed by atoms with Crippen molar-refractivity contribution in [2.45, 2.75) is 25.4 Å². The molecule has 1 saturated heterocycles. The second-order valence-electron chi connectivity index (χ2n) is 5.22. The van der Waals surface area contributed by atoms with Gasteiger partial charge in [-0.15, -0.1) is 0 Å². The maximum absolute atomic E-state index is 5.42. The summed E-state index contributed by atoms with van der Waals surface area (Å²) in [5.74, 6) is 0.762. The molecule has 1 aromatic carbocycles. The molecule has 0 N–H and O–H groups in total. The summed E-state index contributed by atoms with van der Waals surface area (Å²) >= 11 is 0. The average Bonchev–Trinajstić information content (AvgIpc) is 2.96. The molecule has 1 fully saturated rings. The highest BCUT2D eigenvalue weighted by molar-refractivity contribution is 5.30. The Bertz CT molecular complexity index is 556. The molecule has 0 spiro atoms. The zero-order valence-corrected chi connectivity index (χ0v) is 11.8. The smallest absolute Gasteiger partial charge is 0.217 e. The quantitative estimate of drug-likeness (QED) is 0.849. The van der Waals surface area contributed by atoms with E-state index in [9.17, 15) is 0 Å². The lowest BCUT2D eigenvalue weighted by molar-refractivity contribution is 0.241. The van der Waals surface area contributed by atoms with E-state index in [0.717, 1.165) is 19.0 Å². The molecule has 3 heteroatoms. The first kappa shape index (κ1) is 13.1. The molecule has 3 nitrogen and oxygen atoms in total. The lowest BCUT2D eigenvalue weighted by atomic mass is 10.1. The Morgan fingerprint density at radius 3 is 2.85 bits per heavy atom. The first-order chi connectivity index (χ1) is 9.88. The van der Waals surface area contributed by atoms with Gasteiger partial charge in [0.05, 0.1) is 7.11 Å². The topological polar surface area (TPSA) is 25.4 Å². The van der Waals surface area contributed by atoms with Crippen LogP contribution in [0.2, 0.25) is 0 Å². The standard InChI is InChI=1S/C17H20N2O/c1-20-17-15(9-5-11-18-17)16-10-6-12-19(16)13-14-7-3-2-4-8-14/h2-5,7-9,11,16H,6,10,12-13H2,1H3/t16-/m0/s1. The molecule has 0 unspecified atom stereocenters. The molecule has 2 aromatic rings. The maximum atomic E-state index is 5.42. The minimum atomic E-state index is 0.416. The minimum Gasteiger partial charge on any atom is -0.481 e. The monoisotopic (exact) mass is 268 g/mol. The van der Waals surface area contributed by atoms with Crippen molar-refractivity contribution in [1.29, 1.82) is 0 Å². The molecule has 104 valence electrons. The van der Waals surface area contributed by atoms with Crippen LogP contribution in [0.15, 0.2) is 48.7 Å². The molecule has 20 heavy (non-hydrogen) atoms. The van der Waals surface area contributed by atoms with Crippen molar-refractivity contribution < 1.29 is 4.74 Å². The molecule has 0 aliphatic carbocycles. The van der Waals surface area contributed by atoms with E-state index in [2.05, 4.69) is 46.3 Å². The van der Waals surface area contributed by atoms with E-state index in [1.54, 1.807) is 13.3 Å². The van der Waals surface area contributed by atoms with Crippen LogP contribution in [0, 0.1) is 0 Å². The summed E-state index contributed by atoms with van der Waals surface area (Å²) in [5.41, 5.74) is 2.57. The van der Waals surface area contributed by atoms with E-state index >= 15 is 0 Å². The summed E-state index contributed by atoms with van der Waals surface area (Å²) < 4.78 is 5.42. The lowest BCUT2D eigenvalue weighted by Gasteiger charge is -2.25. The molecular weight excluding hydrogens is 248 g/mol. The number of methoxy groups -OCH3 is 1. The van der Waals surface area contributed by atoms with Crippen LogP contribution >= 0.6 is 0 Å². The number of pyridine rings is 1. The van der Waals surface area contributed by atoms with Crippen LogP contribution in [0.4, 0.5) is 0 Å². The minimum absolute atomic E-state index is 0.416. The van der Waals surface area contributed by atoms with Gasteiger partial charge in [0.1, 0.15) is 0 Å². The van der Waals surface area contributed by atoms with Gasteiger partial charge in [0.2, 0.25) is 5.88 Å². The summed E-state index contributed by atoms with van der Waals surface area (Å²) in [6.07, 6.45) is 4.20. The molecule has 1 aliphatic rings. The van der Waals surface area contributed by atoms with Crippen molar-refractivity contribution in [3.63, 3.8) is 0 Å². The van der Waals surface area contributed by atoms with E-state index in [4.69, 9.17) is 4.74 Å². The summed E-state index contributed by atoms with van der Waals surface area (Å²) in [6.45, 7) is 2.13. The van der Waals surface area contributed by atoms with Crippen LogP contribution < -0.4 is 4.74 Å². The number of hydrogen-bond donors (Lipinski definition) is 0. The summed E-state index contributed by atoms with van der Waals surface area (Å²) in [4.78, 5) is 6.86. The third-order valence-corrected chi connectivity index (χ3v) is 3.95. The maximum Gasteiger partial charge on any atom is 0.217 e. The Hall–Kier alpha value is -1.87. The van der Waals surface area contributed by atoms with Gasteiger partial charge in [0.15, 0.2) is 0 Å². The molecule has 0 amide bonds. The number of nitrogens with zero attached hydrogens (tertiary/aromatic N) is 2. The molecule has 0 saturated carbocycles. The largest absolute Gasteiger partial charge is 0.481 e. The van der Waals surface area contributed by atoms with Gasteiger partial charge in [-0.05, 0) is 31.0 Å². The van der Waals surface area contributed by atoms with E-state index in [0.29, 0.717) is 6.04 Å². The number of ether oxygens (including phenoxy) is 1. The first-order valence-corrected chi connectivity index (χ1v) is 7.15. The fourth-order valence-electron chi connectivity index (χ4n) is 3.01. The Kier molecular flexibility index (Phi) is 3.97. The number of likely N-dealkylation sites (tertiary alicyclic amines) is 1. The van der Waals surface area contributed by atoms with E-state index in [-0.39, 0.29) is 0 Å². The van der Waals surface area contributed by atoms with Crippen molar-refractivity contribution in [3.8, 4) is 5.88 Å². The Morgan fingerprint density at radius 2 is 2.05 bits per heavy atom. The van der Waals surface area contributed by atoms with Crippen molar-refractivity contribution >= 4 is 0 Å². The Balaban J connectivity index is 1.82. The highest BCUT2D eigenvalue weighted by Gasteiger charge is 2.28. The van der Waals surface area contributed by atoms with Gasteiger partial charge in [-0.25, -0.2) is 4.98 Å². The van der Waals surface area contributed by atoms with Crippen LogP contribution in [-0.4, -0.2) is 23.5 Å². The molecular formula is C17H20N2O. The predicted octanol–water partition coefficient (Wildman–Crippen LogP) is 3.43. The van der Waals surface area contributed by atoms with Gasteiger partial charge >= 0.3 is 0 Å². The molecule has 1 aromatic heterocycles. The van der Waals surface area contributed by atoms with Gasteiger partial charge in [0, 0.05) is 24.3 Å². The zero-order chi connectivity index (χ0) is 13.8. The van der Waals surface area contributed by atoms with Crippen LogP contribution in [0.3, 0.4) is 0 Å². The Labute approximate surface area is 120 Å². The van der Waals surface area contributed by atoms with Crippen molar-refractivity contribution in [1.82, 2.24) is 9.88 Å². The highest BCUT2D eigenvalue weighted by atomic mass is 16.5. The van der Waals surface area contributed by atoms with Crippen LogP contribution in [0.25, 0.3) is 0 Å². The number of hydrogen-bond acceptors (Lipinski definition) is 3. The predicted molar refractivity (Wildman–Crippen MR) is 79.6 cm³/mol. The van der Waals surface area contributed by atoms with E-state index in [1.165, 1.54) is 24.0 Å². The number of aromatic nitrogens is 1. The molecule has 0 radical (unpaired) electrons. The fraction of sp³-hybridized carbons (Fsp3) is 0.353. The van der Waals surface area contributed by atoms with Crippen molar-refractivity contribution in [2.24, 2.45) is 0 Å². The molecule has 2 heterocycles. The second kappa shape index (κ2) is 6.06. The van der Waals surface area contributed by atoms with Crippen molar-refractivity contribution in [3.05, 3.63) is 59.8 Å². The van der Waals surface area contributed by atoms with E-state index < -0.39 is 0 Å². The second-order valence-corrected chi connectivity index (χ2v) is 5.22. The van der Waals surface area contributed by atoms with Gasteiger partial charge in [-0.1, -0.05) is 36.4 Å². The first-order valence-electron chi connectivity index (χ1n) is 7.15. The molecule has 1 aliphatic heterocycles. The molecule has 1 atom stereocenters. The summed E-state index contributed by atoms with van der Waals surface area (Å²) in [6, 6.07) is 15.2. The van der Waals surface area contributed by atoms with E-state index in [1.807, 2.05) is 6.07 Å². The van der Waals surface area contributed by atoms with Gasteiger partial charge < -0.3 is 4.74 Å². The number of rotatable bonds is 4. The van der Waals surface area contributed by atoms with Crippen LogP contribution in [0.1, 0.15) is 30.0 Å². The number of benzene rings is 1. The normalized spacial score (nSPS) is 19.1. The van der Waals surface area contributed by atoms with Crippen LogP contribution in [-0.2, 0) is 6.54 Å². The van der Waals surface area contributed by atoms with Gasteiger partial charge in [0.25, 0.3) is 0 Å². The fourth-order valence-corrected chi connectivity index (χ4v) is 3.01. The average molecular weight is 268 g/mol. The lowest BCUT2D eigenvalue weighted by Crippen LogP contribution is -2.23. The summed E-state index contributed by atoms with van der Waals surface area (Å²) in [7, 11) is 1.70.